The molecule has 3 heterocycles. The van der Waals surface area contributed by atoms with E-state index in [1.54, 1.807) is 26.0 Å². The van der Waals surface area contributed by atoms with Crippen LogP contribution in [0.3, 0.4) is 0 Å². The van der Waals surface area contributed by atoms with Crippen molar-refractivity contribution < 1.29 is 18.1 Å². The Balaban J connectivity index is 0.00000132. The van der Waals surface area contributed by atoms with E-state index in [0.717, 1.165) is 12.0 Å². The number of hydrogen-bond acceptors (Lipinski definition) is 5. The van der Waals surface area contributed by atoms with Crippen LogP contribution in [0.15, 0.2) is 23.0 Å². The van der Waals surface area contributed by atoms with Gasteiger partial charge in [-0.2, -0.15) is 0 Å². The first-order valence-electron chi connectivity index (χ1n) is 10.6. The zero-order chi connectivity index (χ0) is 22.5. The topological polar surface area (TPSA) is 81.6 Å². The number of benzene rings is 1. The molecule has 0 amide bonds. The summed E-state index contributed by atoms with van der Waals surface area (Å²) in [5.74, 6) is 0.783. The van der Waals surface area contributed by atoms with Gasteiger partial charge < -0.3 is 14.8 Å². The van der Waals surface area contributed by atoms with Gasteiger partial charge in [0.05, 0.1) is 31.1 Å². The summed E-state index contributed by atoms with van der Waals surface area (Å²) in [5.41, 5.74) is 2.03. The van der Waals surface area contributed by atoms with Gasteiger partial charge in [0, 0.05) is 17.2 Å². The van der Waals surface area contributed by atoms with Crippen LogP contribution in [0.5, 0.6) is 5.88 Å². The van der Waals surface area contributed by atoms with Crippen LogP contribution in [0.1, 0.15) is 31.4 Å². The van der Waals surface area contributed by atoms with Gasteiger partial charge in [-0.15, -0.1) is 0 Å². The Hall–Kier alpha value is -2.39. The van der Waals surface area contributed by atoms with E-state index >= 15 is 0 Å². The molecule has 2 aliphatic rings. The monoisotopic (exact) mass is 451 g/mol. The Morgan fingerprint density at radius 3 is 2.61 bits per heavy atom. The molecule has 1 atom stereocenters. The lowest BCUT2D eigenvalue weighted by Crippen LogP contribution is -2.29. The SMILES string of the molecule is CC.Cc1ccc(Nc2c(NS(=O)CCC3COC3)c3n(c(=O)c2C)CCO3)c(F)c1. The van der Waals surface area contributed by atoms with Crippen molar-refractivity contribution in [1.29, 1.82) is 0 Å². The molecule has 0 bridgehead atoms. The molecule has 9 heteroatoms. The lowest BCUT2D eigenvalue weighted by molar-refractivity contribution is -0.0326. The largest absolute Gasteiger partial charge is 0.475 e. The zero-order valence-electron chi connectivity index (χ0n) is 18.4. The minimum Gasteiger partial charge on any atom is -0.475 e. The average molecular weight is 452 g/mol. The third-order valence-corrected chi connectivity index (χ3v) is 6.26. The summed E-state index contributed by atoms with van der Waals surface area (Å²) in [5, 5.41) is 3.01. The maximum Gasteiger partial charge on any atom is 0.258 e. The van der Waals surface area contributed by atoms with Crippen LogP contribution in [-0.2, 0) is 22.3 Å². The summed E-state index contributed by atoms with van der Waals surface area (Å²) >= 11 is 0. The predicted molar refractivity (Wildman–Crippen MR) is 122 cm³/mol. The number of nitrogens with zero attached hydrogens (tertiary/aromatic N) is 1. The molecular formula is C22H30FN3O4S. The molecule has 1 saturated heterocycles. The molecule has 1 fully saturated rings. The van der Waals surface area contributed by atoms with Gasteiger partial charge in [-0.25, -0.2) is 8.60 Å². The highest BCUT2D eigenvalue weighted by Gasteiger charge is 2.27. The fourth-order valence-corrected chi connectivity index (χ4v) is 4.48. The van der Waals surface area contributed by atoms with Crippen molar-refractivity contribution in [1.82, 2.24) is 4.57 Å². The van der Waals surface area contributed by atoms with E-state index < -0.39 is 16.8 Å². The number of hydrogen-bond donors (Lipinski definition) is 2. The molecular weight excluding hydrogens is 421 g/mol. The van der Waals surface area contributed by atoms with Gasteiger partial charge in [-0.05, 0) is 38.0 Å². The molecule has 1 aromatic heterocycles. The number of ether oxygens (including phenoxy) is 2. The summed E-state index contributed by atoms with van der Waals surface area (Å²) in [6.07, 6.45) is 0.782. The van der Waals surface area contributed by atoms with E-state index in [4.69, 9.17) is 9.47 Å². The van der Waals surface area contributed by atoms with Gasteiger partial charge in [0.25, 0.3) is 5.56 Å². The Labute approximate surface area is 184 Å². The van der Waals surface area contributed by atoms with E-state index in [1.807, 2.05) is 13.8 Å². The van der Waals surface area contributed by atoms with Crippen molar-refractivity contribution in [2.24, 2.45) is 5.92 Å². The molecule has 31 heavy (non-hydrogen) atoms. The highest BCUT2D eigenvalue weighted by atomic mass is 32.2. The first-order valence-corrected chi connectivity index (χ1v) is 11.9. The zero-order valence-corrected chi connectivity index (χ0v) is 19.2. The Kier molecular flexibility index (Phi) is 7.72. The molecule has 4 rings (SSSR count). The number of nitrogens with one attached hydrogen (secondary N) is 2. The number of aryl methyl sites for hydroxylation is 1. The minimum atomic E-state index is -1.38. The van der Waals surface area contributed by atoms with Gasteiger partial charge in [-0.1, -0.05) is 19.9 Å². The van der Waals surface area contributed by atoms with Crippen molar-refractivity contribution in [2.75, 3.05) is 35.6 Å². The van der Waals surface area contributed by atoms with E-state index in [2.05, 4.69) is 10.0 Å². The Bertz CT molecular complexity index is 1020. The summed E-state index contributed by atoms with van der Waals surface area (Å²) in [6.45, 7) is 9.66. The standard InChI is InChI=1S/C20H24FN3O4S.C2H6/c1-12-3-4-16(15(21)9-12)22-17-13(2)19(25)24-6-7-28-20(24)18(17)23-29(26)8-5-14-10-27-11-14;1-2/h3-4,9,14,22-23H,5-8,10-11H2,1-2H3;1-2H3. The average Bonchev–Trinajstić information content (AvgIpc) is 3.20. The van der Waals surface area contributed by atoms with Crippen molar-refractivity contribution >= 4 is 28.0 Å². The summed E-state index contributed by atoms with van der Waals surface area (Å²) in [6, 6.07) is 4.82. The van der Waals surface area contributed by atoms with Crippen LogP contribution < -0.4 is 20.3 Å². The van der Waals surface area contributed by atoms with E-state index in [-0.39, 0.29) is 11.2 Å². The Morgan fingerprint density at radius 2 is 1.97 bits per heavy atom. The fourth-order valence-electron chi connectivity index (χ4n) is 3.41. The summed E-state index contributed by atoms with van der Waals surface area (Å²) < 4.78 is 42.4. The predicted octanol–water partition coefficient (Wildman–Crippen LogP) is 3.88. The van der Waals surface area contributed by atoms with Crippen LogP contribution in [0.2, 0.25) is 0 Å². The number of aromatic nitrogens is 1. The van der Waals surface area contributed by atoms with Crippen LogP contribution in [0.4, 0.5) is 21.5 Å². The van der Waals surface area contributed by atoms with Gasteiger partial charge in [0.2, 0.25) is 5.88 Å². The van der Waals surface area contributed by atoms with Crippen LogP contribution in [0, 0.1) is 25.6 Å². The molecule has 2 aliphatic heterocycles. The molecule has 1 unspecified atom stereocenters. The molecule has 0 spiro atoms. The number of pyridine rings is 1. The Morgan fingerprint density at radius 1 is 1.23 bits per heavy atom. The van der Waals surface area contributed by atoms with Crippen molar-refractivity contribution in [3.05, 3.63) is 45.5 Å². The molecule has 0 aliphatic carbocycles. The number of fused-ring (bicyclic) bond motifs is 1. The van der Waals surface area contributed by atoms with Gasteiger partial charge in [0.15, 0.2) is 0 Å². The molecule has 0 radical (unpaired) electrons. The molecule has 7 nitrogen and oxygen atoms in total. The molecule has 2 N–H and O–H groups in total. The highest BCUT2D eigenvalue weighted by Crippen LogP contribution is 2.38. The van der Waals surface area contributed by atoms with E-state index in [1.165, 1.54) is 10.6 Å². The van der Waals surface area contributed by atoms with Gasteiger partial charge in [0.1, 0.15) is 29.1 Å². The lowest BCUT2D eigenvalue weighted by atomic mass is 10.1. The normalized spacial score (nSPS) is 15.8. The highest BCUT2D eigenvalue weighted by molar-refractivity contribution is 7.86. The van der Waals surface area contributed by atoms with E-state index in [0.29, 0.717) is 60.9 Å². The third-order valence-electron chi connectivity index (χ3n) is 5.22. The number of anilines is 3. The maximum atomic E-state index is 14.4. The smallest absolute Gasteiger partial charge is 0.258 e. The lowest BCUT2D eigenvalue weighted by Gasteiger charge is -2.25. The molecule has 2 aromatic rings. The molecule has 170 valence electrons. The first kappa shape index (κ1) is 23.3. The van der Waals surface area contributed by atoms with Gasteiger partial charge >= 0.3 is 0 Å². The van der Waals surface area contributed by atoms with Crippen LogP contribution in [0.25, 0.3) is 0 Å². The molecule has 0 saturated carbocycles. The van der Waals surface area contributed by atoms with Gasteiger partial charge in [-0.3, -0.25) is 14.1 Å². The minimum absolute atomic E-state index is 0.213. The van der Waals surface area contributed by atoms with Crippen LogP contribution >= 0.6 is 0 Å². The third kappa shape index (κ3) is 5.10. The fraction of sp³-hybridized carbons (Fsp3) is 0.500. The maximum absolute atomic E-state index is 14.4. The second-order valence-electron chi connectivity index (χ2n) is 7.44. The molecule has 1 aromatic carbocycles. The summed E-state index contributed by atoms with van der Waals surface area (Å²) in [7, 11) is -1.38. The van der Waals surface area contributed by atoms with Crippen molar-refractivity contribution in [3.8, 4) is 5.88 Å². The van der Waals surface area contributed by atoms with Crippen LogP contribution in [-0.4, -0.2) is 34.3 Å². The van der Waals surface area contributed by atoms with E-state index in [9.17, 15) is 13.4 Å². The quantitative estimate of drug-likeness (QED) is 0.668. The van der Waals surface area contributed by atoms with Crippen molar-refractivity contribution in [2.45, 2.75) is 40.7 Å². The van der Waals surface area contributed by atoms with Crippen molar-refractivity contribution in [3.63, 3.8) is 0 Å². The second kappa shape index (κ2) is 10.3. The second-order valence-corrected chi connectivity index (χ2v) is 8.74. The number of halogens is 1. The summed E-state index contributed by atoms with van der Waals surface area (Å²) in [4.78, 5) is 12.7. The first-order chi connectivity index (χ1) is 14.9. The number of rotatable bonds is 7.